The second-order valence-electron chi connectivity index (χ2n) is 5.61. The summed E-state index contributed by atoms with van der Waals surface area (Å²) in [5, 5.41) is 7.03. The average molecular weight is 306 g/mol. The molecule has 2 rings (SSSR count). The van der Waals surface area contributed by atoms with Crippen LogP contribution in [-0.2, 0) is 6.42 Å². The van der Waals surface area contributed by atoms with E-state index in [0.29, 0.717) is 44.1 Å². The van der Waals surface area contributed by atoms with E-state index >= 15 is 0 Å². The normalized spacial score (nSPS) is 19.9. The molecule has 0 saturated carbocycles. The average Bonchev–Trinajstić information content (AvgIpc) is 2.86. The number of alkyl halides is 3. The Hall–Kier alpha value is -1.15. The Morgan fingerprint density at radius 2 is 2.05 bits per heavy atom. The summed E-state index contributed by atoms with van der Waals surface area (Å²) in [4.78, 5) is 5.79. The van der Waals surface area contributed by atoms with Gasteiger partial charge >= 0.3 is 6.18 Å². The predicted octanol–water partition coefficient (Wildman–Crippen LogP) is 1.96. The van der Waals surface area contributed by atoms with Gasteiger partial charge in [0.25, 0.3) is 0 Å². The molecule has 1 saturated heterocycles. The maximum atomic E-state index is 12.3. The van der Waals surface area contributed by atoms with Gasteiger partial charge in [0.15, 0.2) is 5.82 Å². The third kappa shape index (κ3) is 4.96. The number of likely N-dealkylation sites (tertiary alicyclic amines) is 1. The zero-order chi connectivity index (χ0) is 15.5. The number of halogens is 3. The van der Waals surface area contributed by atoms with Crippen molar-refractivity contribution in [2.24, 2.45) is 0 Å². The fourth-order valence-electron chi connectivity index (χ4n) is 2.48. The van der Waals surface area contributed by atoms with Gasteiger partial charge in [0.05, 0.1) is 6.54 Å². The summed E-state index contributed by atoms with van der Waals surface area (Å²) in [7, 11) is 1.86. The molecule has 8 heteroatoms. The first-order chi connectivity index (χ1) is 9.87. The smallest absolute Gasteiger partial charge is 0.339 e. The van der Waals surface area contributed by atoms with Gasteiger partial charge in [-0.15, -0.1) is 0 Å². The molecule has 5 nitrogen and oxygen atoms in total. The molecule has 1 aliphatic rings. The summed E-state index contributed by atoms with van der Waals surface area (Å²) >= 11 is 0. The van der Waals surface area contributed by atoms with E-state index in [2.05, 4.69) is 15.5 Å². The summed E-state index contributed by atoms with van der Waals surface area (Å²) in [6, 6.07) is 0.254. The minimum atomic E-state index is -4.13. The number of hydrogen-bond donors (Lipinski definition) is 1. The fraction of sp³-hybridized carbons (Fsp3) is 0.846. The highest BCUT2D eigenvalue weighted by molar-refractivity contribution is 4.97. The van der Waals surface area contributed by atoms with Crippen molar-refractivity contribution in [2.45, 2.75) is 44.3 Å². The van der Waals surface area contributed by atoms with Crippen LogP contribution in [0.4, 0.5) is 13.2 Å². The minimum absolute atomic E-state index is 0.0700. The van der Waals surface area contributed by atoms with E-state index in [4.69, 9.17) is 4.52 Å². The first-order valence-electron chi connectivity index (χ1n) is 7.16. The van der Waals surface area contributed by atoms with Crippen molar-refractivity contribution in [3.63, 3.8) is 0 Å². The summed E-state index contributed by atoms with van der Waals surface area (Å²) in [6.07, 6.45) is -2.21. The standard InChI is InChI=1S/C13H21F3N4O/c1-9(17-2)7-11-18-12(21-19-11)10-3-5-20(6-4-10)8-13(14,15)16/h9-10,17H,3-8H2,1-2H3. The highest BCUT2D eigenvalue weighted by Crippen LogP contribution is 2.28. The Bertz CT molecular complexity index is 441. The van der Waals surface area contributed by atoms with Crippen LogP contribution in [0.5, 0.6) is 0 Å². The van der Waals surface area contributed by atoms with Crippen LogP contribution in [0.1, 0.15) is 37.4 Å². The number of hydrogen-bond acceptors (Lipinski definition) is 5. The molecular formula is C13H21F3N4O. The number of rotatable bonds is 5. The van der Waals surface area contributed by atoms with Gasteiger partial charge in [-0.2, -0.15) is 18.2 Å². The molecule has 1 N–H and O–H groups in total. The van der Waals surface area contributed by atoms with E-state index in [9.17, 15) is 13.2 Å². The van der Waals surface area contributed by atoms with Crippen molar-refractivity contribution in [3.05, 3.63) is 11.7 Å². The summed E-state index contributed by atoms with van der Waals surface area (Å²) in [5.41, 5.74) is 0. The van der Waals surface area contributed by atoms with Crippen LogP contribution >= 0.6 is 0 Å². The molecule has 0 bridgehead atoms. The van der Waals surface area contributed by atoms with E-state index in [1.165, 1.54) is 4.90 Å². The number of likely N-dealkylation sites (N-methyl/N-ethyl adjacent to an activating group) is 1. The Morgan fingerprint density at radius 3 is 2.62 bits per heavy atom. The van der Waals surface area contributed by atoms with Gasteiger partial charge in [0.1, 0.15) is 0 Å². The van der Waals surface area contributed by atoms with Crippen LogP contribution in [0, 0.1) is 0 Å². The molecule has 0 aromatic carbocycles. The van der Waals surface area contributed by atoms with Crippen LogP contribution in [0.15, 0.2) is 4.52 Å². The molecule has 0 amide bonds. The van der Waals surface area contributed by atoms with Gasteiger partial charge < -0.3 is 9.84 Å². The monoisotopic (exact) mass is 306 g/mol. The molecule has 1 unspecified atom stereocenters. The maximum absolute atomic E-state index is 12.3. The van der Waals surface area contributed by atoms with Crippen LogP contribution in [0.3, 0.4) is 0 Å². The molecule has 1 atom stereocenters. The summed E-state index contributed by atoms with van der Waals surface area (Å²) in [5.74, 6) is 1.27. The van der Waals surface area contributed by atoms with Crippen LogP contribution in [0.2, 0.25) is 0 Å². The minimum Gasteiger partial charge on any atom is -0.339 e. The quantitative estimate of drug-likeness (QED) is 0.901. The van der Waals surface area contributed by atoms with E-state index in [1.807, 2.05) is 14.0 Å². The van der Waals surface area contributed by atoms with Crippen molar-refractivity contribution < 1.29 is 17.7 Å². The van der Waals surface area contributed by atoms with Gasteiger partial charge in [-0.05, 0) is 39.9 Å². The lowest BCUT2D eigenvalue weighted by molar-refractivity contribution is -0.148. The van der Waals surface area contributed by atoms with Crippen LogP contribution < -0.4 is 5.32 Å². The number of aromatic nitrogens is 2. The lowest BCUT2D eigenvalue weighted by atomic mass is 9.97. The molecule has 1 aliphatic heterocycles. The first kappa shape index (κ1) is 16.2. The van der Waals surface area contributed by atoms with E-state index in [-0.39, 0.29) is 12.0 Å². The van der Waals surface area contributed by atoms with Crippen molar-refractivity contribution in [3.8, 4) is 0 Å². The Kier molecular flexibility index (Phi) is 5.21. The van der Waals surface area contributed by atoms with Crippen molar-refractivity contribution in [1.29, 1.82) is 0 Å². The van der Waals surface area contributed by atoms with Gasteiger partial charge in [0.2, 0.25) is 5.89 Å². The molecule has 0 radical (unpaired) electrons. The van der Waals surface area contributed by atoms with E-state index in [1.54, 1.807) is 0 Å². The molecule has 21 heavy (non-hydrogen) atoms. The summed E-state index contributed by atoms with van der Waals surface area (Å²) in [6.45, 7) is 2.00. The second kappa shape index (κ2) is 6.74. The molecule has 120 valence electrons. The van der Waals surface area contributed by atoms with Gasteiger partial charge in [-0.1, -0.05) is 5.16 Å². The van der Waals surface area contributed by atoms with E-state index < -0.39 is 12.7 Å². The lowest BCUT2D eigenvalue weighted by Crippen LogP contribution is -2.39. The Labute approximate surface area is 121 Å². The largest absolute Gasteiger partial charge is 0.401 e. The van der Waals surface area contributed by atoms with Gasteiger partial charge in [-0.3, -0.25) is 4.90 Å². The maximum Gasteiger partial charge on any atom is 0.401 e. The fourth-order valence-corrected chi connectivity index (χ4v) is 2.48. The molecule has 0 spiro atoms. The van der Waals surface area contributed by atoms with Crippen molar-refractivity contribution in [1.82, 2.24) is 20.4 Å². The topological polar surface area (TPSA) is 54.2 Å². The Morgan fingerprint density at radius 1 is 1.38 bits per heavy atom. The van der Waals surface area contributed by atoms with Crippen molar-refractivity contribution >= 4 is 0 Å². The zero-order valence-electron chi connectivity index (χ0n) is 12.3. The summed E-state index contributed by atoms with van der Waals surface area (Å²) < 4.78 is 42.2. The van der Waals surface area contributed by atoms with Crippen LogP contribution in [-0.4, -0.2) is 53.9 Å². The van der Waals surface area contributed by atoms with E-state index in [0.717, 1.165) is 0 Å². The highest BCUT2D eigenvalue weighted by Gasteiger charge is 2.33. The molecule has 1 aromatic rings. The number of piperidine rings is 1. The third-order valence-corrected chi connectivity index (χ3v) is 3.81. The predicted molar refractivity (Wildman–Crippen MR) is 71.0 cm³/mol. The third-order valence-electron chi connectivity index (χ3n) is 3.81. The molecule has 0 aliphatic carbocycles. The second-order valence-corrected chi connectivity index (χ2v) is 5.61. The van der Waals surface area contributed by atoms with Gasteiger partial charge in [-0.25, -0.2) is 0 Å². The Balaban J connectivity index is 1.85. The highest BCUT2D eigenvalue weighted by atomic mass is 19.4. The zero-order valence-corrected chi connectivity index (χ0v) is 12.3. The van der Waals surface area contributed by atoms with Gasteiger partial charge in [0, 0.05) is 18.4 Å². The first-order valence-corrected chi connectivity index (χ1v) is 7.16. The van der Waals surface area contributed by atoms with Crippen molar-refractivity contribution in [2.75, 3.05) is 26.7 Å². The number of nitrogens with zero attached hydrogens (tertiary/aromatic N) is 3. The molecular weight excluding hydrogens is 285 g/mol. The molecule has 2 heterocycles. The SMILES string of the molecule is CNC(C)Cc1noc(C2CCN(CC(F)(F)F)CC2)n1. The molecule has 1 fully saturated rings. The van der Waals surface area contributed by atoms with Crippen LogP contribution in [0.25, 0.3) is 0 Å². The lowest BCUT2D eigenvalue weighted by Gasteiger charge is -2.30. The number of nitrogens with one attached hydrogen (secondary N) is 1. The molecule has 1 aromatic heterocycles.